The molecule has 1 atom stereocenters. The van der Waals surface area contributed by atoms with Crippen LogP contribution in [0.4, 0.5) is 0 Å². The zero-order chi connectivity index (χ0) is 13.0. The highest BCUT2D eigenvalue weighted by Gasteiger charge is 2.11. The van der Waals surface area contributed by atoms with Crippen LogP contribution >= 0.6 is 31.9 Å². The summed E-state index contributed by atoms with van der Waals surface area (Å²) in [6.07, 6.45) is 0.847. The van der Waals surface area contributed by atoms with Crippen molar-refractivity contribution in [1.29, 1.82) is 0 Å². The molecule has 18 heavy (non-hydrogen) atoms. The summed E-state index contributed by atoms with van der Waals surface area (Å²) >= 11 is 6.89. The number of rotatable bonds is 4. The minimum Gasteiger partial charge on any atom is -0.396 e. The molecule has 0 amide bonds. The molecule has 0 aliphatic heterocycles. The Hall–Kier alpha value is -0.640. The molecule has 0 saturated carbocycles. The van der Waals surface area contributed by atoms with Crippen LogP contribution in [0.3, 0.4) is 0 Å². The second kappa shape index (κ2) is 6.50. The third kappa shape index (κ3) is 3.67. The van der Waals surface area contributed by atoms with E-state index in [0.29, 0.717) is 0 Å². The van der Waals surface area contributed by atoms with E-state index in [-0.39, 0.29) is 12.5 Å². The molecule has 0 bridgehead atoms. The van der Waals surface area contributed by atoms with Crippen molar-refractivity contribution >= 4 is 31.9 Å². The molecular formula is C15H14Br2O. The number of aliphatic hydroxyl groups is 1. The second-order valence-electron chi connectivity index (χ2n) is 4.27. The van der Waals surface area contributed by atoms with Crippen molar-refractivity contribution in [1.82, 2.24) is 0 Å². The summed E-state index contributed by atoms with van der Waals surface area (Å²) in [5.74, 6) is 0.142. The standard InChI is InChI=1S/C15H14Br2O/c16-14-6-4-11(5-7-14)8-13(10-18)12-2-1-3-15(17)9-12/h1-7,9,13,18H,8,10H2. The number of halogens is 2. The van der Waals surface area contributed by atoms with E-state index in [0.717, 1.165) is 20.9 Å². The van der Waals surface area contributed by atoms with Gasteiger partial charge >= 0.3 is 0 Å². The normalized spacial score (nSPS) is 12.4. The Morgan fingerprint density at radius 1 is 0.944 bits per heavy atom. The summed E-state index contributed by atoms with van der Waals surface area (Å²) in [5, 5.41) is 9.56. The fraction of sp³-hybridized carbons (Fsp3) is 0.200. The van der Waals surface area contributed by atoms with Crippen LogP contribution < -0.4 is 0 Å². The topological polar surface area (TPSA) is 20.2 Å². The number of hydrogen-bond donors (Lipinski definition) is 1. The highest BCUT2D eigenvalue weighted by atomic mass is 79.9. The van der Waals surface area contributed by atoms with Crippen molar-refractivity contribution in [2.24, 2.45) is 0 Å². The molecule has 1 N–H and O–H groups in total. The Bertz CT molecular complexity index is 508. The predicted octanol–water partition coefficient (Wildman–Crippen LogP) is 4.53. The van der Waals surface area contributed by atoms with E-state index >= 15 is 0 Å². The van der Waals surface area contributed by atoms with Crippen LogP contribution in [0.15, 0.2) is 57.5 Å². The maximum atomic E-state index is 9.56. The molecule has 3 heteroatoms. The predicted molar refractivity (Wildman–Crippen MR) is 81.8 cm³/mol. The summed E-state index contributed by atoms with van der Waals surface area (Å²) in [5.41, 5.74) is 2.40. The van der Waals surface area contributed by atoms with Crippen LogP contribution in [0.25, 0.3) is 0 Å². The molecule has 0 heterocycles. The molecule has 2 aromatic carbocycles. The lowest BCUT2D eigenvalue weighted by atomic mass is 9.93. The lowest BCUT2D eigenvalue weighted by molar-refractivity contribution is 0.264. The summed E-state index contributed by atoms with van der Waals surface area (Å²) in [6.45, 7) is 0.159. The molecule has 0 saturated heterocycles. The first kappa shape index (κ1) is 13.8. The van der Waals surface area contributed by atoms with Gasteiger partial charge in [0.05, 0.1) is 6.61 Å². The van der Waals surface area contributed by atoms with Gasteiger partial charge in [-0.15, -0.1) is 0 Å². The van der Waals surface area contributed by atoms with Crippen molar-refractivity contribution in [3.63, 3.8) is 0 Å². The Morgan fingerprint density at radius 3 is 2.28 bits per heavy atom. The van der Waals surface area contributed by atoms with Gasteiger partial charge in [0.2, 0.25) is 0 Å². The minimum atomic E-state index is 0.142. The largest absolute Gasteiger partial charge is 0.396 e. The Morgan fingerprint density at radius 2 is 1.67 bits per heavy atom. The van der Waals surface area contributed by atoms with Crippen molar-refractivity contribution in [3.05, 3.63) is 68.6 Å². The second-order valence-corrected chi connectivity index (χ2v) is 6.10. The molecule has 2 rings (SSSR count). The summed E-state index contributed by atoms with van der Waals surface area (Å²) in [6, 6.07) is 16.4. The van der Waals surface area contributed by atoms with E-state index in [9.17, 15) is 5.11 Å². The monoisotopic (exact) mass is 368 g/mol. The average Bonchev–Trinajstić information content (AvgIpc) is 2.38. The number of benzene rings is 2. The van der Waals surface area contributed by atoms with Crippen molar-refractivity contribution in [2.75, 3.05) is 6.61 Å². The van der Waals surface area contributed by atoms with Crippen LogP contribution in [0.1, 0.15) is 17.0 Å². The maximum Gasteiger partial charge on any atom is 0.0502 e. The zero-order valence-corrected chi connectivity index (χ0v) is 13.0. The molecular weight excluding hydrogens is 356 g/mol. The zero-order valence-electron chi connectivity index (χ0n) is 9.81. The fourth-order valence-corrected chi connectivity index (χ4v) is 2.63. The fourth-order valence-electron chi connectivity index (χ4n) is 1.95. The summed E-state index contributed by atoms with van der Waals surface area (Å²) < 4.78 is 2.13. The number of hydrogen-bond acceptors (Lipinski definition) is 1. The minimum absolute atomic E-state index is 0.142. The molecule has 0 aliphatic carbocycles. The smallest absolute Gasteiger partial charge is 0.0502 e. The highest BCUT2D eigenvalue weighted by Crippen LogP contribution is 2.24. The molecule has 0 radical (unpaired) electrons. The summed E-state index contributed by atoms with van der Waals surface area (Å²) in [4.78, 5) is 0. The molecule has 2 aromatic rings. The maximum absolute atomic E-state index is 9.56. The molecule has 0 aromatic heterocycles. The molecule has 0 fully saturated rings. The van der Waals surface area contributed by atoms with Gasteiger partial charge in [-0.3, -0.25) is 0 Å². The third-order valence-corrected chi connectivity index (χ3v) is 3.96. The lowest BCUT2D eigenvalue weighted by Gasteiger charge is -2.15. The lowest BCUT2D eigenvalue weighted by Crippen LogP contribution is -2.07. The molecule has 0 aliphatic rings. The van der Waals surface area contributed by atoms with Gasteiger partial charge in [0.15, 0.2) is 0 Å². The van der Waals surface area contributed by atoms with Gasteiger partial charge in [-0.25, -0.2) is 0 Å². The van der Waals surface area contributed by atoms with Crippen LogP contribution in [0, 0.1) is 0 Å². The van der Waals surface area contributed by atoms with Crippen LogP contribution in [0.2, 0.25) is 0 Å². The molecule has 0 spiro atoms. The van der Waals surface area contributed by atoms with Gasteiger partial charge in [0, 0.05) is 14.9 Å². The molecule has 1 unspecified atom stereocenters. The van der Waals surface area contributed by atoms with Gasteiger partial charge in [-0.1, -0.05) is 56.1 Å². The average molecular weight is 370 g/mol. The van der Waals surface area contributed by atoms with Crippen molar-refractivity contribution in [3.8, 4) is 0 Å². The third-order valence-electron chi connectivity index (χ3n) is 2.94. The van der Waals surface area contributed by atoms with Gasteiger partial charge < -0.3 is 5.11 Å². The number of aliphatic hydroxyl groups excluding tert-OH is 1. The molecule has 1 nitrogen and oxygen atoms in total. The van der Waals surface area contributed by atoms with Crippen LogP contribution in [-0.2, 0) is 6.42 Å². The van der Waals surface area contributed by atoms with Gasteiger partial charge in [-0.2, -0.15) is 0 Å². The Kier molecular flexibility index (Phi) is 4.98. The van der Waals surface area contributed by atoms with E-state index < -0.39 is 0 Å². The van der Waals surface area contributed by atoms with E-state index in [4.69, 9.17) is 0 Å². The highest BCUT2D eigenvalue weighted by molar-refractivity contribution is 9.10. The van der Waals surface area contributed by atoms with E-state index in [2.05, 4.69) is 56.1 Å². The van der Waals surface area contributed by atoms with E-state index in [1.54, 1.807) is 0 Å². The molecule has 94 valence electrons. The van der Waals surface area contributed by atoms with E-state index in [1.807, 2.05) is 24.3 Å². The van der Waals surface area contributed by atoms with Crippen LogP contribution in [-0.4, -0.2) is 11.7 Å². The van der Waals surface area contributed by atoms with Crippen LogP contribution in [0.5, 0.6) is 0 Å². The first-order valence-corrected chi connectivity index (χ1v) is 7.38. The first-order valence-electron chi connectivity index (χ1n) is 5.80. The van der Waals surface area contributed by atoms with Gasteiger partial charge in [-0.05, 0) is 41.8 Å². The van der Waals surface area contributed by atoms with E-state index in [1.165, 1.54) is 5.56 Å². The Labute approximate surface area is 124 Å². The SMILES string of the molecule is OCC(Cc1ccc(Br)cc1)c1cccc(Br)c1. The first-order chi connectivity index (χ1) is 8.69. The summed E-state index contributed by atoms with van der Waals surface area (Å²) in [7, 11) is 0. The quantitative estimate of drug-likeness (QED) is 0.839. The van der Waals surface area contributed by atoms with Crippen molar-refractivity contribution < 1.29 is 5.11 Å². The van der Waals surface area contributed by atoms with Gasteiger partial charge in [0.1, 0.15) is 0 Å². The van der Waals surface area contributed by atoms with Gasteiger partial charge in [0.25, 0.3) is 0 Å². The van der Waals surface area contributed by atoms with Crippen molar-refractivity contribution in [2.45, 2.75) is 12.3 Å². The Balaban J connectivity index is 2.17.